The summed E-state index contributed by atoms with van der Waals surface area (Å²) in [5.41, 5.74) is 0.894. The van der Waals surface area contributed by atoms with Gasteiger partial charge in [-0.05, 0) is 37.8 Å². The van der Waals surface area contributed by atoms with Crippen molar-refractivity contribution in [3.63, 3.8) is 0 Å². The van der Waals surface area contributed by atoms with E-state index in [1.165, 1.54) is 17.5 Å². The number of rotatable bonds is 7. The first-order valence-corrected chi connectivity index (χ1v) is 6.34. The van der Waals surface area contributed by atoms with Crippen molar-refractivity contribution in [1.82, 2.24) is 15.1 Å². The lowest BCUT2D eigenvalue weighted by Crippen LogP contribution is -2.29. The average molecular weight is 237 g/mol. The largest absolute Gasteiger partial charge is 0.315 e. The first-order chi connectivity index (χ1) is 8.09. The number of aromatic nitrogens is 2. The molecule has 1 N–H and O–H groups in total. The van der Waals surface area contributed by atoms with Crippen LogP contribution in [0.5, 0.6) is 0 Å². The van der Waals surface area contributed by atoms with Gasteiger partial charge in [0.15, 0.2) is 0 Å². The normalized spacial score (nSPS) is 11.1. The van der Waals surface area contributed by atoms with Crippen LogP contribution in [0.1, 0.15) is 32.3 Å². The Hall–Kier alpha value is -1.16. The van der Waals surface area contributed by atoms with Gasteiger partial charge < -0.3 is 5.32 Å². The van der Waals surface area contributed by atoms with Gasteiger partial charge in [-0.3, -0.25) is 4.79 Å². The molecule has 4 heteroatoms. The minimum Gasteiger partial charge on any atom is -0.315 e. The lowest BCUT2D eigenvalue weighted by molar-refractivity contribution is 0.495. The predicted octanol–water partition coefficient (Wildman–Crippen LogP) is 1.58. The second kappa shape index (κ2) is 7.22. The Morgan fingerprint density at radius 2 is 2.18 bits per heavy atom. The number of nitrogens with zero attached hydrogens (tertiary/aromatic N) is 2. The lowest BCUT2D eigenvalue weighted by Gasteiger charge is -2.07. The molecule has 0 radical (unpaired) electrons. The van der Waals surface area contributed by atoms with Crippen LogP contribution < -0.4 is 10.9 Å². The molecule has 0 saturated heterocycles. The van der Waals surface area contributed by atoms with E-state index < -0.39 is 0 Å². The maximum atomic E-state index is 11.5. The first kappa shape index (κ1) is 13.9. The fraction of sp³-hybridized carbons (Fsp3) is 0.692. The van der Waals surface area contributed by atoms with Crippen molar-refractivity contribution in [2.75, 3.05) is 13.1 Å². The lowest BCUT2D eigenvalue weighted by atomic mass is 10.1. The summed E-state index contributed by atoms with van der Waals surface area (Å²) in [4.78, 5) is 11.5. The van der Waals surface area contributed by atoms with Crippen molar-refractivity contribution >= 4 is 0 Å². The maximum absolute atomic E-state index is 11.5. The standard InChI is InChI=1S/C13H23N3O/c1-11(2)5-4-6-14-7-8-16-13(17)9-12(3)10-15-16/h9-11,14H,4-8H2,1-3H3. The van der Waals surface area contributed by atoms with E-state index in [-0.39, 0.29) is 5.56 Å². The molecule has 0 amide bonds. The Labute approximate surface area is 103 Å². The van der Waals surface area contributed by atoms with Crippen molar-refractivity contribution < 1.29 is 0 Å². The quantitative estimate of drug-likeness (QED) is 0.732. The van der Waals surface area contributed by atoms with E-state index in [2.05, 4.69) is 24.3 Å². The Bertz CT molecular complexity index is 384. The zero-order valence-electron chi connectivity index (χ0n) is 11.1. The monoisotopic (exact) mass is 237 g/mol. The zero-order valence-corrected chi connectivity index (χ0v) is 11.1. The third-order valence-corrected chi connectivity index (χ3v) is 2.64. The fourth-order valence-corrected chi connectivity index (χ4v) is 1.64. The summed E-state index contributed by atoms with van der Waals surface area (Å²) < 4.78 is 1.50. The van der Waals surface area contributed by atoms with Crippen LogP contribution in [0.2, 0.25) is 0 Å². The topological polar surface area (TPSA) is 46.9 Å². The minimum absolute atomic E-state index is 0.0195. The van der Waals surface area contributed by atoms with Crippen LogP contribution in [0.3, 0.4) is 0 Å². The van der Waals surface area contributed by atoms with Crippen LogP contribution >= 0.6 is 0 Å². The van der Waals surface area contributed by atoms with E-state index in [1.54, 1.807) is 12.3 Å². The van der Waals surface area contributed by atoms with Crippen molar-refractivity contribution in [1.29, 1.82) is 0 Å². The number of nitrogens with one attached hydrogen (secondary N) is 1. The van der Waals surface area contributed by atoms with Crippen LogP contribution in [0.25, 0.3) is 0 Å². The highest BCUT2D eigenvalue weighted by molar-refractivity contribution is 5.02. The van der Waals surface area contributed by atoms with E-state index in [0.29, 0.717) is 6.54 Å². The first-order valence-electron chi connectivity index (χ1n) is 6.34. The van der Waals surface area contributed by atoms with Crippen LogP contribution in [-0.2, 0) is 6.54 Å². The predicted molar refractivity (Wildman–Crippen MR) is 70.2 cm³/mol. The fourth-order valence-electron chi connectivity index (χ4n) is 1.64. The van der Waals surface area contributed by atoms with E-state index >= 15 is 0 Å². The van der Waals surface area contributed by atoms with Crippen molar-refractivity contribution in [2.45, 2.75) is 40.2 Å². The molecule has 4 nitrogen and oxygen atoms in total. The molecule has 0 aliphatic rings. The molecule has 1 rings (SSSR count). The molecule has 17 heavy (non-hydrogen) atoms. The summed E-state index contributed by atoms with van der Waals surface area (Å²) in [5.74, 6) is 0.762. The van der Waals surface area contributed by atoms with Crippen molar-refractivity contribution in [3.05, 3.63) is 28.2 Å². The summed E-state index contributed by atoms with van der Waals surface area (Å²) in [7, 11) is 0. The van der Waals surface area contributed by atoms with Gasteiger partial charge in [0.2, 0.25) is 0 Å². The Morgan fingerprint density at radius 1 is 1.41 bits per heavy atom. The van der Waals surface area contributed by atoms with Crippen LogP contribution in [0.15, 0.2) is 17.1 Å². The number of aryl methyl sites for hydroxylation is 1. The molecule has 1 aromatic heterocycles. The van der Waals surface area contributed by atoms with Crippen molar-refractivity contribution in [3.8, 4) is 0 Å². The molecule has 0 unspecified atom stereocenters. The van der Waals surface area contributed by atoms with Gasteiger partial charge in [-0.15, -0.1) is 0 Å². The zero-order chi connectivity index (χ0) is 12.7. The van der Waals surface area contributed by atoms with Gasteiger partial charge in [0.05, 0.1) is 12.7 Å². The van der Waals surface area contributed by atoms with E-state index in [4.69, 9.17) is 0 Å². The summed E-state index contributed by atoms with van der Waals surface area (Å²) in [6.45, 7) is 8.79. The highest BCUT2D eigenvalue weighted by atomic mass is 16.1. The Kier molecular flexibility index (Phi) is 5.91. The third-order valence-electron chi connectivity index (χ3n) is 2.64. The van der Waals surface area contributed by atoms with Gasteiger partial charge in [-0.1, -0.05) is 13.8 Å². The molecule has 0 bridgehead atoms. The second-order valence-corrected chi connectivity index (χ2v) is 4.88. The van der Waals surface area contributed by atoms with Gasteiger partial charge in [0, 0.05) is 12.6 Å². The molecule has 0 aromatic carbocycles. The molecule has 0 saturated carbocycles. The summed E-state index contributed by atoms with van der Waals surface area (Å²) in [6, 6.07) is 1.62. The van der Waals surface area contributed by atoms with Gasteiger partial charge in [0.1, 0.15) is 0 Å². The highest BCUT2D eigenvalue weighted by Crippen LogP contribution is 2.01. The van der Waals surface area contributed by atoms with E-state index in [1.807, 2.05) is 6.92 Å². The molecular formula is C13H23N3O. The number of hydrogen-bond acceptors (Lipinski definition) is 3. The van der Waals surface area contributed by atoms with Gasteiger partial charge in [-0.25, -0.2) is 4.68 Å². The Balaban J connectivity index is 2.20. The smallest absolute Gasteiger partial charge is 0.267 e. The molecule has 0 fully saturated rings. The van der Waals surface area contributed by atoms with Gasteiger partial charge >= 0.3 is 0 Å². The van der Waals surface area contributed by atoms with Crippen LogP contribution in [-0.4, -0.2) is 22.9 Å². The molecule has 0 aliphatic heterocycles. The van der Waals surface area contributed by atoms with E-state index in [0.717, 1.165) is 24.6 Å². The summed E-state index contributed by atoms with van der Waals surface area (Å²) in [6.07, 6.45) is 4.16. The molecule has 1 heterocycles. The third kappa shape index (κ3) is 5.63. The molecule has 0 spiro atoms. The SMILES string of the molecule is Cc1cnn(CCNCCCC(C)C)c(=O)c1. The molecule has 0 atom stereocenters. The molecule has 1 aromatic rings. The second-order valence-electron chi connectivity index (χ2n) is 4.88. The Morgan fingerprint density at radius 3 is 2.82 bits per heavy atom. The van der Waals surface area contributed by atoms with Gasteiger partial charge in [0.25, 0.3) is 5.56 Å². The van der Waals surface area contributed by atoms with Crippen molar-refractivity contribution in [2.24, 2.45) is 5.92 Å². The van der Waals surface area contributed by atoms with Crippen LogP contribution in [0.4, 0.5) is 0 Å². The number of hydrogen-bond donors (Lipinski definition) is 1. The summed E-state index contributed by atoms with van der Waals surface area (Å²) in [5, 5.41) is 7.42. The molecule has 0 aliphatic carbocycles. The molecular weight excluding hydrogens is 214 g/mol. The maximum Gasteiger partial charge on any atom is 0.267 e. The van der Waals surface area contributed by atoms with E-state index in [9.17, 15) is 4.79 Å². The highest BCUT2D eigenvalue weighted by Gasteiger charge is 1.97. The van der Waals surface area contributed by atoms with Crippen LogP contribution in [0, 0.1) is 12.8 Å². The minimum atomic E-state index is -0.0195. The summed E-state index contributed by atoms with van der Waals surface area (Å²) >= 11 is 0. The van der Waals surface area contributed by atoms with Gasteiger partial charge in [-0.2, -0.15) is 5.10 Å². The molecule has 96 valence electrons. The average Bonchev–Trinajstić information content (AvgIpc) is 2.25.